The molecule has 154 valence electrons. The molecule has 0 bridgehead atoms. The van der Waals surface area contributed by atoms with Gasteiger partial charge in [0.25, 0.3) is 0 Å². The third-order valence-electron chi connectivity index (χ3n) is 5.10. The Kier molecular flexibility index (Phi) is 22.3. The van der Waals surface area contributed by atoms with E-state index in [0.29, 0.717) is 6.61 Å². The summed E-state index contributed by atoms with van der Waals surface area (Å²) in [5.74, 6) is 0. The Hall–Kier alpha value is -0.370. The minimum atomic E-state index is 0.553. The lowest BCUT2D eigenvalue weighted by Crippen LogP contribution is -2.01. The molecular weight excluding hydrogens is 336 g/mol. The van der Waals surface area contributed by atoms with Crippen LogP contribution in [0.2, 0.25) is 0 Å². The zero-order chi connectivity index (χ0) is 19.1. The van der Waals surface area contributed by atoms with Crippen LogP contribution in [0, 0.1) is 0 Å². The normalized spacial score (nSPS) is 10.8. The maximum atomic E-state index is 5.34. The van der Waals surface area contributed by atoms with Crippen molar-refractivity contribution < 1.29 is 4.74 Å². The van der Waals surface area contributed by atoms with Crippen molar-refractivity contribution in [3.63, 3.8) is 0 Å². The van der Waals surface area contributed by atoms with Gasteiger partial charge in [-0.3, -0.25) is 0 Å². The first kappa shape index (κ1) is 25.6. The highest BCUT2D eigenvalue weighted by Crippen LogP contribution is 2.14. The first-order chi connectivity index (χ1) is 12.8. The van der Waals surface area contributed by atoms with Crippen LogP contribution < -0.4 is 0 Å². The zero-order valence-electron chi connectivity index (χ0n) is 17.7. The number of thiocarbonyl (C=S) groups is 1. The fourth-order valence-corrected chi connectivity index (χ4v) is 3.61. The molecule has 0 saturated heterocycles. The number of unbranched alkanes of at least 4 members (excludes halogenated alkanes) is 17. The maximum Gasteiger partial charge on any atom is 0.160 e. The first-order valence-corrected chi connectivity index (χ1v) is 12.0. The van der Waals surface area contributed by atoms with Gasteiger partial charge in [0.05, 0.1) is 0 Å². The largest absolute Gasteiger partial charge is 0.483 e. The molecule has 0 aromatic carbocycles. The lowest BCUT2D eigenvalue weighted by molar-refractivity contribution is 0.348. The quantitative estimate of drug-likeness (QED) is 0.111. The standard InChI is InChI=1S/C24H46OS/c1-3-5-6-7-8-9-10-11-12-13-14-15-16-17-18-19-20-21-22-24(26)25-23-4-2/h4H,2-3,5-23H2,1H3. The van der Waals surface area contributed by atoms with Gasteiger partial charge >= 0.3 is 0 Å². The van der Waals surface area contributed by atoms with Crippen LogP contribution in [-0.2, 0) is 4.74 Å². The van der Waals surface area contributed by atoms with Gasteiger partial charge in [0.1, 0.15) is 6.61 Å². The minimum Gasteiger partial charge on any atom is -0.483 e. The second-order valence-electron chi connectivity index (χ2n) is 7.73. The van der Waals surface area contributed by atoms with E-state index in [1.54, 1.807) is 6.08 Å². The third-order valence-corrected chi connectivity index (χ3v) is 5.42. The molecule has 0 fully saturated rings. The molecule has 0 N–H and O–H groups in total. The fraction of sp³-hybridized carbons (Fsp3) is 0.875. The molecule has 0 saturated carbocycles. The predicted molar refractivity (Wildman–Crippen MR) is 122 cm³/mol. The summed E-state index contributed by atoms with van der Waals surface area (Å²) in [5, 5.41) is 0.751. The van der Waals surface area contributed by atoms with Gasteiger partial charge in [-0.05, 0) is 18.6 Å². The van der Waals surface area contributed by atoms with Gasteiger partial charge in [0, 0.05) is 6.42 Å². The number of rotatable bonds is 21. The van der Waals surface area contributed by atoms with Gasteiger partial charge < -0.3 is 4.74 Å². The highest BCUT2D eigenvalue weighted by Gasteiger charge is 1.98. The SMILES string of the molecule is C=CCOC(=S)CCCCCCCCCCCCCCCCCCCC. The summed E-state index contributed by atoms with van der Waals surface area (Å²) >= 11 is 5.16. The summed E-state index contributed by atoms with van der Waals surface area (Å²) in [6, 6.07) is 0. The molecule has 2 heteroatoms. The second kappa shape index (κ2) is 22.7. The lowest BCUT2D eigenvalue weighted by atomic mass is 10.0. The molecule has 1 nitrogen and oxygen atoms in total. The van der Waals surface area contributed by atoms with Crippen LogP contribution in [0.4, 0.5) is 0 Å². The Morgan fingerprint density at radius 1 is 0.654 bits per heavy atom. The van der Waals surface area contributed by atoms with Crippen molar-refractivity contribution in [1.29, 1.82) is 0 Å². The van der Waals surface area contributed by atoms with Crippen LogP contribution in [0.3, 0.4) is 0 Å². The van der Waals surface area contributed by atoms with Crippen LogP contribution in [0.5, 0.6) is 0 Å². The Morgan fingerprint density at radius 2 is 1.00 bits per heavy atom. The van der Waals surface area contributed by atoms with E-state index >= 15 is 0 Å². The summed E-state index contributed by atoms with van der Waals surface area (Å²) < 4.78 is 5.34. The van der Waals surface area contributed by atoms with E-state index in [0.717, 1.165) is 11.5 Å². The van der Waals surface area contributed by atoms with Crippen molar-refractivity contribution in [3.05, 3.63) is 12.7 Å². The molecule has 0 aromatic rings. The topological polar surface area (TPSA) is 9.23 Å². The molecule has 0 aliphatic heterocycles. The molecule has 0 heterocycles. The van der Waals surface area contributed by atoms with Crippen molar-refractivity contribution >= 4 is 17.3 Å². The monoisotopic (exact) mass is 382 g/mol. The van der Waals surface area contributed by atoms with Crippen LogP contribution in [-0.4, -0.2) is 11.7 Å². The van der Waals surface area contributed by atoms with Crippen LogP contribution >= 0.6 is 12.2 Å². The summed E-state index contributed by atoms with van der Waals surface area (Å²) in [6.45, 7) is 6.48. The van der Waals surface area contributed by atoms with E-state index in [1.807, 2.05) is 0 Å². The molecule has 0 amide bonds. The molecule has 0 unspecified atom stereocenters. The van der Waals surface area contributed by atoms with Crippen LogP contribution in [0.15, 0.2) is 12.7 Å². The van der Waals surface area contributed by atoms with E-state index < -0.39 is 0 Å². The van der Waals surface area contributed by atoms with Gasteiger partial charge in [-0.2, -0.15) is 0 Å². The number of hydrogen-bond acceptors (Lipinski definition) is 2. The van der Waals surface area contributed by atoms with E-state index in [1.165, 1.54) is 116 Å². The molecule has 0 radical (unpaired) electrons. The van der Waals surface area contributed by atoms with E-state index in [2.05, 4.69) is 13.5 Å². The summed E-state index contributed by atoms with van der Waals surface area (Å²) in [7, 11) is 0. The predicted octanol–water partition coefficient (Wildman–Crippen LogP) is 8.95. The fourth-order valence-electron chi connectivity index (χ4n) is 3.40. The molecule has 0 aliphatic rings. The van der Waals surface area contributed by atoms with E-state index in [9.17, 15) is 0 Å². The van der Waals surface area contributed by atoms with Gasteiger partial charge in [-0.25, -0.2) is 0 Å². The van der Waals surface area contributed by atoms with Crippen molar-refractivity contribution in [2.24, 2.45) is 0 Å². The number of ether oxygens (including phenoxy) is 1. The second-order valence-corrected chi connectivity index (χ2v) is 8.19. The van der Waals surface area contributed by atoms with Crippen molar-refractivity contribution in [3.8, 4) is 0 Å². The Labute approximate surface area is 170 Å². The first-order valence-electron chi connectivity index (χ1n) is 11.6. The van der Waals surface area contributed by atoms with Crippen LogP contribution in [0.25, 0.3) is 0 Å². The number of hydrogen-bond donors (Lipinski definition) is 0. The maximum absolute atomic E-state index is 5.34. The lowest BCUT2D eigenvalue weighted by Gasteiger charge is -2.05. The summed E-state index contributed by atoms with van der Waals surface area (Å²) in [6.07, 6.45) is 28.1. The molecule has 0 rings (SSSR count). The van der Waals surface area contributed by atoms with E-state index in [-0.39, 0.29) is 0 Å². The molecule has 0 atom stereocenters. The highest BCUT2D eigenvalue weighted by atomic mass is 32.1. The Bertz CT molecular complexity index is 301. The third kappa shape index (κ3) is 21.7. The van der Waals surface area contributed by atoms with Crippen LogP contribution in [0.1, 0.15) is 129 Å². The molecule has 26 heavy (non-hydrogen) atoms. The van der Waals surface area contributed by atoms with Gasteiger partial charge in [-0.1, -0.05) is 129 Å². The zero-order valence-corrected chi connectivity index (χ0v) is 18.6. The average Bonchev–Trinajstić information content (AvgIpc) is 2.65. The molecule has 0 aromatic heterocycles. The Morgan fingerprint density at radius 3 is 1.35 bits per heavy atom. The van der Waals surface area contributed by atoms with Gasteiger partial charge in [0.2, 0.25) is 0 Å². The molecular formula is C24H46OS. The van der Waals surface area contributed by atoms with Crippen molar-refractivity contribution in [2.75, 3.05) is 6.61 Å². The highest BCUT2D eigenvalue weighted by molar-refractivity contribution is 7.80. The van der Waals surface area contributed by atoms with Crippen molar-refractivity contribution in [2.45, 2.75) is 129 Å². The molecule has 0 spiro atoms. The minimum absolute atomic E-state index is 0.553. The Balaban J connectivity index is 3.05. The summed E-state index contributed by atoms with van der Waals surface area (Å²) in [5.41, 5.74) is 0. The summed E-state index contributed by atoms with van der Waals surface area (Å²) in [4.78, 5) is 0. The van der Waals surface area contributed by atoms with E-state index in [4.69, 9.17) is 17.0 Å². The molecule has 0 aliphatic carbocycles. The average molecular weight is 383 g/mol. The smallest absolute Gasteiger partial charge is 0.160 e. The van der Waals surface area contributed by atoms with Gasteiger partial charge in [-0.15, -0.1) is 0 Å². The van der Waals surface area contributed by atoms with Crippen molar-refractivity contribution in [1.82, 2.24) is 0 Å². The van der Waals surface area contributed by atoms with Gasteiger partial charge in [0.15, 0.2) is 5.05 Å².